The third-order valence-corrected chi connectivity index (χ3v) is 5.98. The Morgan fingerprint density at radius 2 is 1.90 bits per heavy atom. The van der Waals surface area contributed by atoms with Crippen molar-refractivity contribution in [1.29, 1.82) is 0 Å². The van der Waals surface area contributed by atoms with Crippen LogP contribution in [0.3, 0.4) is 0 Å². The lowest BCUT2D eigenvalue weighted by atomic mass is 10.1. The summed E-state index contributed by atoms with van der Waals surface area (Å²) in [4.78, 5) is 20.3. The number of hydrogen-bond acceptors (Lipinski definition) is 9. The molecule has 0 saturated carbocycles. The predicted octanol–water partition coefficient (Wildman–Crippen LogP) is 3.24. The monoisotopic (exact) mass is 420 g/mol. The molecule has 3 aromatic heterocycles. The Kier molecular flexibility index (Phi) is 4.89. The Morgan fingerprint density at radius 1 is 1.10 bits per heavy atom. The molecule has 1 aliphatic rings. The van der Waals surface area contributed by atoms with Crippen molar-refractivity contribution < 1.29 is 9.47 Å². The van der Waals surface area contributed by atoms with Gasteiger partial charge in [0.1, 0.15) is 5.75 Å². The van der Waals surface area contributed by atoms with Crippen LogP contribution in [0, 0.1) is 0 Å². The van der Waals surface area contributed by atoms with Crippen LogP contribution in [0.2, 0.25) is 0 Å². The van der Waals surface area contributed by atoms with E-state index in [1.165, 1.54) is 0 Å². The van der Waals surface area contributed by atoms with Gasteiger partial charge < -0.3 is 20.1 Å². The molecule has 2 N–H and O–H groups in total. The number of ether oxygens (including phenoxy) is 2. The van der Waals surface area contributed by atoms with E-state index in [0.29, 0.717) is 19.0 Å². The van der Waals surface area contributed by atoms with E-state index in [1.807, 2.05) is 18.2 Å². The average Bonchev–Trinajstić information content (AvgIpc) is 3.23. The van der Waals surface area contributed by atoms with E-state index in [9.17, 15) is 0 Å². The average molecular weight is 420 g/mol. The number of methoxy groups -OCH3 is 1. The highest BCUT2D eigenvalue weighted by molar-refractivity contribution is 7.18. The zero-order valence-electron chi connectivity index (χ0n) is 16.4. The summed E-state index contributed by atoms with van der Waals surface area (Å²) in [5.41, 5.74) is 9.38. The van der Waals surface area contributed by atoms with E-state index >= 15 is 0 Å². The fourth-order valence-corrected chi connectivity index (χ4v) is 4.50. The smallest absolute Gasteiger partial charge is 0.219 e. The number of nitrogens with two attached hydrogens (primary N) is 1. The molecule has 1 fully saturated rings. The standard InChI is InChI=1S/C21H20N6O2S/c1-28-15-4-2-3-13(9-15)16-12-30-18-17(16)25-19(14-10-23-21(22)24-11-14)26-20(18)27-5-7-29-8-6-27/h2-4,9-12H,5-8H2,1H3,(H2,22,23,24). The highest BCUT2D eigenvalue weighted by atomic mass is 32.1. The van der Waals surface area contributed by atoms with Crippen LogP contribution in [-0.4, -0.2) is 53.3 Å². The molecule has 0 aliphatic carbocycles. The number of hydrogen-bond donors (Lipinski definition) is 1. The molecule has 9 heteroatoms. The lowest BCUT2D eigenvalue weighted by molar-refractivity contribution is 0.122. The maximum Gasteiger partial charge on any atom is 0.219 e. The number of thiophene rings is 1. The maximum absolute atomic E-state index is 5.66. The Labute approximate surface area is 177 Å². The van der Waals surface area contributed by atoms with Gasteiger partial charge in [-0.3, -0.25) is 0 Å². The van der Waals surface area contributed by atoms with Gasteiger partial charge in [-0.1, -0.05) is 12.1 Å². The summed E-state index contributed by atoms with van der Waals surface area (Å²) in [6, 6.07) is 8.00. The van der Waals surface area contributed by atoms with Gasteiger partial charge in [-0.25, -0.2) is 19.9 Å². The molecule has 4 heterocycles. The van der Waals surface area contributed by atoms with Gasteiger partial charge in [0, 0.05) is 36.4 Å². The van der Waals surface area contributed by atoms with Gasteiger partial charge >= 0.3 is 0 Å². The zero-order valence-corrected chi connectivity index (χ0v) is 17.2. The summed E-state index contributed by atoms with van der Waals surface area (Å²) < 4.78 is 12.0. The number of nitrogens with zero attached hydrogens (tertiary/aromatic N) is 5. The largest absolute Gasteiger partial charge is 0.497 e. The molecule has 0 amide bonds. The molecule has 0 bridgehead atoms. The summed E-state index contributed by atoms with van der Waals surface area (Å²) >= 11 is 1.65. The molecular weight excluding hydrogens is 400 g/mol. The number of nitrogen functional groups attached to an aromatic ring is 1. The van der Waals surface area contributed by atoms with Crippen LogP contribution in [0.5, 0.6) is 5.75 Å². The van der Waals surface area contributed by atoms with Gasteiger partial charge in [-0.2, -0.15) is 0 Å². The second kappa shape index (κ2) is 7.85. The van der Waals surface area contributed by atoms with Crippen LogP contribution < -0.4 is 15.4 Å². The number of morpholine rings is 1. The first-order valence-electron chi connectivity index (χ1n) is 9.57. The van der Waals surface area contributed by atoms with E-state index < -0.39 is 0 Å². The second-order valence-electron chi connectivity index (χ2n) is 6.86. The molecule has 30 heavy (non-hydrogen) atoms. The van der Waals surface area contributed by atoms with Crippen molar-refractivity contribution in [2.75, 3.05) is 44.0 Å². The first kappa shape index (κ1) is 18.7. The Morgan fingerprint density at radius 3 is 2.67 bits per heavy atom. The number of aromatic nitrogens is 4. The van der Waals surface area contributed by atoms with Gasteiger partial charge in [-0.15, -0.1) is 11.3 Å². The van der Waals surface area contributed by atoms with Crippen molar-refractivity contribution >= 4 is 33.3 Å². The van der Waals surface area contributed by atoms with Crippen LogP contribution in [-0.2, 0) is 4.74 Å². The van der Waals surface area contributed by atoms with Gasteiger partial charge in [0.2, 0.25) is 5.95 Å². The molecule has 5 rings (SSSR count). The first-order chi connectivity index (χ1) is 14.7. The highest BCUT2D eigenvalue weighted by Crippen LogP contribution is 2.39. The fraction of sp³-hybridized carbons (Fsp3) is 0.238. The molecule has 0 spiro atoms. The normalized spacial score (nSPS) is 14.2. The molecule has 8 nitrogen and oxygen atoms in total. The predicted molar refractivity (Wildman–Crippen MR) is 118 cm³/mol. The van der Waals surface area contributed by atoms with E-state index in [2.05, 4.69) is 26.3 Å². The maximum atomic E-state index is 5.66. The molecule has 1 aliphatic heterocycles. The molecular formula is C21H20N6O2S. The third kappa shape index (κ3) is 3.42. The van der Waals surface area contributed by atoms with E-state index in [1.54, 1.807) is 30.8 Å². The van der Waals surface area contributed by atoms with Crippen molar-refractivity contribution in [3.05, 3.63) is 42.0 Å². The van der Waals surface area contributed by atoms with Gasteiger partial charge in [0.15, 0.2) is 11.6 Å². The topological polar surface area (TPSA) is 99.3 Å². The van der Waals surface area contributed by atoms with Crippen molar-refractivity contribution in [2.45, 2.75) is 0 Å². The van der Waals surface area contributed by atoms with Gasteiger partial charge in [-0.05, 0) is 17.7 Å². The van der Waals surface area contributed by atoms with E-state index in [0.717, 1.165) is 51.6 Å². The van der Waals surface area contributed by atoms with Crippen molar-refractivity contribution in [1.82, 2.24) is 19.9 Å². The summed E-state index contributed by atoms with van der Waals surface area (Å²) in [7, 11) is 1.67. The first-order valence-corrected chi connectivity index (χ1v) is 10.4. The van der Waals surface area contributed by atoms with E-state index in [-0.39, 0.29) is 5.95 Å². The van der Waals surface area contributed by atoms with E-state index in [4.69, 9.17) is 25.2 Å². The van der Waals surface area contributed by atoms with Crippen LogP contribution in [0.25, 0.3) is 32.7 Å². The molecule has 0 atom stereocenters. The second-order valence-corrected chi connectivity index (χ2v) is 7.74. The number of benzene rings is 1. The van der Waals surface area contributed by atoms with Crippen LogP contribution in [0.4, 0.5) is 11.8 Å². The molecule has 152 valence electrons. The lowest BCUT2D eigenvalue weighted by Crippen LogP contribution is -2.36. The lowest BCUT2D eigenvalue weighted by Gasteiger charge is -2.28. The van der Waals surface area contributed by atoms with Crippen molar-refractivity contribution in [3.63, 3.8) is 0 Å². The minimum Gasteiger partial charge on any atom is -0.497 e. The highest BCUT2D eigenvalue weighted by Gasteiger charge is 2.21. The Balaban J connectivity index is 1.71. The minimum absolute atomic E-state index is 0.223. The van der Waals surface area contributed by atoms with Gasteiger partial charge in [0.25, 0.3) is 0 Å². The Bertz CT molecular complexity index is 1190. The molecule has 0 unspecified atom stereocenters. The molecule has 0 radical (unpaired) electrons. The van der Waals surface area contributed by atoms with Crippen LogP contribution >= 0.6 is 11.3 Å². The molecule has 1 aromatic carbocycles. The van der Waals surface area contributed by atoms with Crippen molar-refractivity contribution in [2.24, 2.45) is 0 Å². The van der Waals surface area contributed by atoms with Crippen LogP contribution in [0.15, 0.2) is 42.0 Å². The minimum atomic E-state index is 0.223. The quantitative estimate of drug-likeness (QED) is 0.537. The summed E-state index contributed by atoms with van der Waals surface area (Å²) in [6.07, 6.45) is 3.31. The number of anilines is 2. The fourth-order valence-electron chi connectivity index (χ4n) is 3.47. The SMILES string of the molecule is COc1cccc(-c2csc3c(N4CCOCC4)nc(-c4cnc(N)nc4)nc23)c1. The number of rotatable bonds is 4. The number of fused-ring (bicyclic) bond motifs is 1. The van der Waals surface area contributed by atoms with Gasteiger partial charge in [0.05, 0.1) is 36.1 Å². The summed E-state index contributed by atoms with van der Waals surface area (Å²) in [5, 5.41) is 2.13. The summed E-state index contributed by atoms with van der Waals surface area (Å²) in [6.45, 7) is 2.94. The Hall–Kier alpha value is -3.30. The summed E-state index contributed by atoms with van der Waals surface area (Å²) in [5.74, 6) is 2.52. The molecule has 1 saturated heterocycles. The molecule has 4 aromatic rings. The third-order valence-electron chi connectivity index (χ3n) is 5.02. The van der Waals surface area contributed by atoms with Crippen LogP contribution in [0.1, 0.15) is 0 Å². The zero-order chi connectivity index (χ0) is 20.5. The van der Waals surface area contributed by atoms with Crippen molar-refractivity contribution in [3.8, 4) is 28.3 Å².